The third-order valence-electron chi connectivity index (χ3n) is 2.54. The highest BCUT2D eigenvalue weighted by molar-refractivity contribution is 5.80. The third-order valence-corrected chi connectivity index (χ3v) is 2.54. The number of hydrogen-bond donors (Lipinski definition) is 1. The second-order valence-corrected chi connectivity index (χ2v) is 3.45. The molecule has 0 spiro atoms. The first-order chi connectivity index (χ1) is 7.65. The Morgan fingerprint density at radius 2 is 2.06 bits per heavy atom. The fourth-order valence-electron chi connectivity index (χ4n) is 1.47. The zero-order chi connectivity index (χ0) is 11.6. The zero-order valence-corrected chi connectivity index (χ0v) is 8.61. The second kappa shape index (κ2) is 3.73. The van der Waals surface area contributed by atoms with Crippen LogP contribution in [0.4, 0.5) is 0 Å². The molecule has 1 N–H and O–H groups in total. The molecule has 82 valence electrons. The predicted molar refractivity (Wildman–Crippen MR) is 54.6 cm³/mol. The van der Waals surface area contributed by atoms with Gasteiger partial charge in [-0.05, 0) is 24.6 Å². The highest BCUT2D eigenvalue weighted by Crippen LogP contribution is 2.24. The highest BCUT2D eigenvalue weighted by atomic mass is 16.4. The van der Waals surface area contributed by atoms with Gasteiger partial charge in [-0.3, -0.25) is 4.98 Å². The Bertz CT molecular complexity index is 483. The Morgan fingerprint density at radius 1 is 1.38 bits per heavy atom. The van der Waals surface area contributed by atoms with Gasteiger partial charge in [-0.15, -0.1) is 0 Å². The van der Waals surface area contributed by atoms with E-state index in [0.717, 1.165) is 0 Å². The summed E-state index contributed by atoms with van der Waals surface area (Å²) in [6.07, 6.45) is 5.79. The maximum Gasteiger partial charge on any atom is 0.336 e. The molecule has 6 nitrogen and oxygen atoms in total. The molecule has 0 amide bonds. The van der Waals surface area contributed by atoms with E-state index in [1.165, 1.54) is 17.3 Å². The predicted octanol–water partition coefficient (Wildman–Crippen LogP) is 0.521. The van der Waals surface area contributed by atoms with Gasteiger partial charge in [0.1, 0.15) is 12.7 Å². The minimum Gasteiger partial charge on any atom is -0.479 e. The van der Waals surface area contributed by atoms with Crippen molar-refractivity contribution in [2.75, 3.05) is 0 Å². The lowest BCUT2D eigenvalue weighted by atomic mass is 9.93. The van der Waals surface area contributed by atoms with Crippen LogP contribution in [0.15, 0.2) is 37.2 Å². The summed E-state index contributed by atoms with van der Waals surface area (Å²) in [5.41, 5.74) is -0.667. The quantitative estimate of drug-likeness (QED) is 0.812. The van der Waals surface area contributed by atoms with Crippen molar-refractivity contribution in [3.8, 4) is 0 Å². The minimum absolute atomic E-state index is 0.598. The van der Waals surface area contributed by atoms with Gasteiger partial charge in [0.25, 0.3) is 0 Å². The fourth-order valence-corrected chi connectivity index (χ4v) is 1.47. The molecule has 2 aromatic heterocycles. The van der Waals surface area contributed by atoms with Crippen LogP contribution in [0.3, 0.4) is 0 Å². The molecule has 1 atom stereocenters. The van der Waals surface area contributed by atoms with Crippen LogP contribution in [-0.4, -0.2) is 30.8 Å². The van der Waals surface area contributed by atoms with E-state index in [-0.39, 0.29) is 0 Å². The number of pyridine rings is 1. The molecule has 0 bridgehead atoms. The van der Waals surface area contributed by atoms with E-state index in [9.17, 15) is 9.90 Å². The van der Waals surface area contributed by atoms with E-state index < -0.39 is 11.5 Å². The summed E-state index contributed by atoms with van der Waals surface area (Å²) in [7, 11) is 0. The molecular formula is C10H10N4O2. The van der Waals surface area contributed by atoms with Gasteiger partial charge in [-0.25, -0.2) is 14.5 Å². The first kappa shape index (κ1) is 10.3. The molecule has 0 fully saturated rings. The van der Waals surface area contributed by atoms with Crippen LogP contribution in [-0.2, 0) is 10.3 Å². The molecule has 2 rings (SSSR count). The number of hydrogen-bond acceptors (Lipinski definition) is 4. The van der Waals surface area contributed by atoms with E-state index in [1.54, 1.807) is 31.5 Å². The van der Waals surface area contributed by atoms with Gasteiger partial charge >= 0.3 is 5.97 Å². The van der Waals surface area contributed by atoms with Crippen molar-refractivity contribution in [1.29, 1.82) is 0 Å². The molecule has 2 aromatic rings. The highest BCUT2D eigenvalue weighted by Gasteiger charge is 2.38. The third kappa shape index (κ3) is 1.44. The lowest BCUT2D eigenvalue weighted by Gasteiger charge is -2.24. The summed E-state index contributed by atoms with van der Waals surface area (Å²) in [4.78, 5) is 19.0. The molecule has 0 aliphatic carbocycles. The summed E-state index contributed by atoms with van der Waals surface area (Å²) in [5.74, 6) is -0.996. The van der Waals surface area contributed by atoms with Crippen molar-refractivity contribution in [1.82, 2.24) is 19.7 Å². The maximum absolute atomic E-state index is 11.4. The summed E-state index contributed by atoms with van der Waals surface area (Å²) < 4.78 is 1.31. The average Bonchev–Trinajstić information content (AvgIpc) is 2.82. The standard InChI is InChI=1S/C10H10N4O2/c1-10(9(15)16,14-7-12-6-13-14)8-2-4-11-5-3-8/h2-7H,1H3,(H,15,16). The zero-order valence-electron chi connectivity index (χ0n) is 8.61. The maximum atomic E-state index is 11.4. The van der Waals surface area contributed by atoms with E-state index in [4.69, 9.17) is 0 Å². The van der Waals surface area contributed by atoms with Crippen molar-refractivity contribution in [2.45, 2.75) is 12.5 Å². The molecule has 0 aromatic carbocycles. The van der Waals surface area contributed by atoms with Gasteiger partial charge in [0.2, 0.25) is 0 Å². The molecule has 0 radical (unpaired) electrons. The van der Waals surface area contributed by atoms with Gasteiger partial charge < -0.3 is 5.11 Å². The van der Waals surface area contributed by atoms with E-state index in [1.807, 2.05) is 0 Å². The van der Waals surface area contributed by atoms with Crippen LogP contribution in [0.25, 0.3) is 0 Å². The van der Waals surface area contributed by atoms with Crippen LogP contribution < -0.4 is 0 Å². The second-order valence-electron chi connectivity index (χ2n) is 3.45. The Labute approximate surface area is 91.6 Å². The van der Waals surface area contributed by atoms with Gasteiger partial charge in [-0.2, -0.15) is 5.10 Å². The number of carbonyl (C=O) groups is 1. The van der Waals surface area contributed by atoms with Crippen LogP contribution >= 0.6 is 0 Å². The summed E-state index contributed by atoms with van der Waals surface area (Å²) in [6.45, 7) is 1.57. The number of aliphatic carboxylic acids is 1. The smallest absolute Gasteiger partial charge is 0.336 e. The van der Waals surface area contributed by atoms with E-state index in [0.29, 0.717) is 5.56 Å². The van der Waals surface area contributed by atoms with Crippen LogP contribution in [0.1, 0.15) is 12.5 Å². The molecule has 0 aliphatic rings. The SMILES string of the molecule is CC(C(=O)O)(c1ccncc1)n1cncn1. The molecule has 0 saturated heterocycles. The minimum atomic E-state index is -1.26. The average molecular weight is 218 g/mol. The molecule has 0 saturated carbocycles. The Morgan fingerprint density at radius 3 is 2.56 bits per heavy atom. The lowest BCUT2D eigenvalue weighted by Crippen LogP contribution is -2.40. The molecule has 0 aliphatic heterocycles. The van der Waals surface area contributed by atoms with Crippen molar-refractivity contribution in [3.05, 3.63) is 42.7 Å². The lowest BCUT2D eigenvalue weighted by molar-refractivity contribution is -0.144. The Kier molecular flexibility index (Phi) is 2.40. The fraction of sp³-hybridized carbons (Fsp3) is 0.200. The summed E-state index contributed by atoms with van der Waals surface area (Å²) >= 11 is 0. The number of carboxylic acids is 1. The largest absolute Gasteiger partial charge is 0.479 e. The van der Waals surface area contributed by atoms with E-state index in [2.05, 4.69) is 15.1 Å². The van der Waals surface area contributed by atoms with Crippen LogP contribution in [0.2, 0.25) is 0 Å². The summed E-state index contributed by atoms with van der Waals surface area (Å²) in [6, 6.07) is 3.30. The first-order valence-electron chi connectivity index (χ1n) is 4.64. The number of aromatic nitrogens is 4. The summed E-state index contributed by atoms with van der Waals surface area (Å²) in [5, 5.41) is 13.2. The van der Waals surface area contributed by atoms with Gasteiger partial charge in [0.05, 0.1) is 0 Å². The molecule has 1 unspecified atom stereocenters. The number of nitrogens with zero attached hydrogens (tertiary/aromatic N) is 4. The molecule has 6 heteroatoms. The van der Waals surface area contributed by atoms with Gasteiger partial charge in [0.15, 0.2) is 5.54 Å². The van der Waals surface area contributed by atoms with Gasteiger partial charge in [-0.1, -0.05) is 0 Å². The first-order valence-corrected chi connectivity index (χ1v) is 4.64. The van der Waals surface area contributed by atoms with Crippen molar-refractivity contribution < 1.29 is 9.90 Å². The topological polar surface area (TPSA) is 80.9 Å². The Hall–Kier alpha value is -2.24. The van der Waals surface area contributed by atoms with Crippen LogP contribution in [0, 0.1) is 0 Å². The molecular weight excluding hydrogens is 208 g/mol. The normalized spacial score (nSPS) is 14.3. The molecule has 16 heavy (non-hydrogen) atoms. The van der Waals surface area contributed by atoms with Crippen molar-refractivity contribution >= 4 is 5.97 Å². The monoisotopic (exact) mass is 218 g/mol. The number of carboxylic acid groups (broad SMARTS) is 1. The Balaban J connectivity index is 2.58. The van der Waals surface area contributed by atoms with E-state index >= 15 is 0 Å². The van der Waals surface area contributed by atoms with Crippen molar-refractivity contribution in [3.63, 3.8) is 0 Å². The number of rotatable bonds is 3. The van der Waals surface area contributed by atoms with Crippen LogP contribution in [0.5, 0.6) is 0 Å². The van der Waals surface area contributed by atoms with Gasteiger partial charge in [0, 0.05) is 12.4 Å². The van der Waals surface area contributed by atoms with Crippen molar-refractivity contribution in [2.24, 2.45) is 0 Å². The molecule has 2 heterocycles.